The van der Waals surface area contributed by atoms with E-state index in [9.17, 15) is 16.8 Å². The monoisotopic (exact) mass is 292 g/mol. The summed E-state index contributed by atoms with van der Waals surface area (Å²) in [6.07, 6.45) is 0. The second kappa shape index (κ2) is 3.86. The number of hydrogen-bond acceptors (Lipinski definition) is 4. The van der Waals surface area contributed by atoms with Gasteiger partial charge in [-0.05, 0) is 6.92 Å². The number of halogens is 1. The van der Waals surface area contributed by atoms with Crippen LogP contribution < -0.4 is 0 Å². The standard InChI is InChI=1S/C6H13BrO4S2/c1-4-12(8,9)6(3,7)13(10,11)5-2/h4-5H2,1-3H3. The minimum atomic E-state index is -3.64. The van der Waals surface area contributed by atoms with E-state index in [0.717, 1.165) is 6.92 Å². The van der Waals surface area contributed by atoms with Crippen molar-refractivity contribution in [3.63, 3.8) is 0 Å². The van der Waals surface area contributed by atoms with Crippen molar-refractivity contribution in [2.75, 3.05) is 11.5 Å². The molecule has 0 saturated heterocycles. The molecule has 13 heavy (non-hydrogen) atoms. The first-order valence-electron chi connectivity index (χ1n) is 3.76. The van der Waals surface area contributed by atoms with Crippen LogP contribution in [0.3, 0.4) is 0 Å². The van der Waals surface area contributed by atoms with Crippen LogP contribution >= 0.6 is 15.9 Å². The molecule has 0 rings (SSSR count). The molecule has 0 aliphatic rings. The van der Waals surface area contributed by atoms with E-state index in [1.165, 1.54) is 13.8 Å². The average Bonchev–Trinajstić information content (AvgIpc) is 2.03. The second-order valence-electron chi connectivity index (χ2n) is 2.64. The van der Waals surface area contributed by atoms with E-state index in [-0.39, 0.29) is 11.5 Å². The van der Waals surface area contributed by atoms with Gasteiger partial charge in [-0.25, -0.2) is 16.8 Å². The Morgan fingerprint density at radius 2 is 1.23 bits per heavy atom. The summed E-state index contributed by atoms with van der Waals surface area (Å²) in [5, 5.41) is 0. The molecule has 0 N–H and O–H groups in total. The lowest BCUT2D eigenvalue weighted by Gasteiger charge is -2.21. The lowest BCUT2D eigenvalue weighted by molar-refractivity contribution is 0.575. The van der Waals surface area contributed by atoms with Gasteiger partial charge in [0.15, 0.2) is 19.7 Å². The predicted molar refractivity (Wildman–Crippen MR) is 56.3 cm³/mol. The van der Waals surface area contributed by atoms with Crippen molar-refractivity contribution in [3.8, 4) is 0 Å². The Kier molecular flexibility index (Phi) is 3.97. The van der Waals surface area contributed by atoms with Crippen LogP contribution in [0.15, 0.2) is 0 Å². The van der Waals surface area contributed by atoms with Gasteiger partial charge in [0.05, 0.1) is 0 Å². The van der Waals surface area contributed by atoms with Gasteiger partial charge in [-0.3, -0.25) is 0 Å². The van der Waals surface area contributed by atoms with E-state index in [0.29, 0.717) is 0 Å². The van der Waals surface area contributed by atoms with Gasteiger partial charge in [-0.1, -0.05) is 29.8 Å². The van der Waals surface area contributed by atoms with Crippen LogP contribution in [0.5, 0.6) is 0 Å². The Labute approximate surface area is 87.7 Å². The third-order valence-corrected chi connectivity index (χ3v) is 10.1. The molecule has 0 fully saturated rings. The van der Waals surface area contributed by atoms with Gasteiger partial charge in [-0.2, -0.15) is 0 Å². The molecule has 0 radical (unpaired) electrons. The first-order chi connectivity index (χ1) is 5.62. The van der Waals surface area contributed by atoms with Crippen LogP contribution in [0.4, 0.5) is 0 Å². The molecule has 0 unspecified atom stereocenters. The fraction of sp³-hybridized carbons (Fsp3) is 1.00. The van der Waals surface area contributed by atoms with Crippen molar-refractivity contribution in [1.29, 1.82) is 0 Å². The molecule has 0 bridgehead atoms. The number of hydrogen-bond donors (Lipinski definition) is 0. The largest absolute Gasteiger partial charge is 0.226 e. The highest BCUT2D eigenvalue weighted by Gasteiger charge is 2.46. The predicted octanol–water partition coefficient (Wildman–Crippen LogP) is 0.924. The van der Waals surface area contributed by atoms with Crippen molar-refractivity contribution in [2.24, 2.45) is 0 Å². The van der Waals surface area contributed by atoms with Gasteiger partial charge in [0.2, 0.25) is 2.99 Å². The molecule has 0 amide bonds. The molecule has 0 aliphatic carbocycles. The molecule has 0 heterocycles. The highest BCUT2D eigenvalue weighted by Crippen LogP contribution is 2.32. The molecule has 7 heteroatoms. The highest BCUT2D eigenvalue weighted by molar-refractivity contribution is 9.13. The van der Waals surface area contributed by atoms with Crippen molar-refractivity contribution in [1.82, 2.24) is 0 Å². The smallest absolute Gasteiger partial charge is 0.224 e. The van der Waals surface area contributed by atoms with Crippen LogP contribution in [-0.4, -0.2) is 31.3 Å². The Hall–Kier alpha value is 0.380. The van der Waals surface area contributed by atoms with E-state index >= 15 is 0 Å². The maximum atomic E-state index is 11.4. The maximum Gasteiger partial charge on any atom is 0.224 e. The molecule has 0 atom stereocenters. The normalized spacial score (nSPS) is 14.5. The highest BCUT2D eigenvalue weighted by atomic mass is 79.9. The van der Waals surface area contributed by atoms with Gasteiger partial charge in [-0.15, -0.1) is 0 Å². The maximum absolute atomic E-state index is 11.4. The van der Waals surface area contributed by atoms with Gasteiger partial charge >= 0.3 is 0 Å². The van der Waals surface area contributed by atoms with Gasteiger partial charge in [0.25, 0.3) is 0 Å². The third-order valence-electron chi connectivity index (χ3n) is 1.87. The van der Waals surface area contributed by atoms with Crippen LogP contribution in [0, 0.1) is 0 Å². The van der Waals surface area contributed by atoms with Gasteiger partial charge in [0.1, 0.15) is 0 Å². The Bertz CT molecular complexity index is 329. The molecular weight excluding hydrogens is 280 g/mol. The quantitative estimate of drug-likeness (QED) is 0.723. The van der Waals surface area contributed by atoms with Crippen LogP contribution in [0.1, 0.15) is 20.8 Å². The average molecular weight is 293 g/mol. The molecular formula is C6H13BrO4S2. The molecule has 0 aromatic rings. The Balaban J connectivity index is 5.49. The lowest BCUT2D eigenvalue weighted by atomic mass is 10.9. The summed E-state index contributed by atoms with van der Waals surface area (Å²) in [7, 11) is -7.28. The Morgan fingerprint density at radius 1 is 1.00 bits per heavy atom. The van der Waals surface area contributed by atoms with Crippen molar-refractivity contribution in [2.45, 2.75) is 23.8 Å². The van der Waals surface area contributed by atoms with E-state index in [1.807, 2.05) is 0 Å². The molecule has 80 valence electrons. The summed E-state index contributed by atoms with van der Waals surface area (Å²) in [4.78, 5) is 0. The summed E-state index contributed by atoms with van der Waals surface area (Å²) in [6.45, 7) is 3.99. The fourth-order valence-electron chi connectivity index (χ4n) is 0.709. The summed E-state index contributed by atoms with van der Waals surface area (Å²) >= 11 is 2.77. The minimum Gasteiger partial charge on any atom is -0.226 e. The molecule has 0 aromatic carbocycles. The zero-order chi connectivity index (χ0) is 10.9. The molecule has 0 aromatic heterocycles. The molecule has 4 nitrogen and oxygen atoms in total. The van der Waals surface area contributed by atoms with Crippen molar-refractivity contribution < 1.29 is 16.8 Å². The van der Waals surface area contributed by atoms with Crippen molar-refractivity contribution in [3.05, 3.63) is 0 Å². The van der Waals surface area contributed by atoms with Crippen LogP contribution in [0.25, 0.3) is 0 Å². The zero-order valence-electron chi connectivity index (χ0n) is 7.74. The summed E-state index contributed by atoms with van der Waals surface area (Å²) < 4.78 is 43.8. The van der Waals surface area contributed by atoms with E-state index in [2.05, 4.69) is 15.9 Å². The third kappa shape index (κ3) is 2.24. The van der Waals surface area contributed by atoms with Gasteiger partial charge in [0, 0.05) is 11.5 Å². The van der Waals surface area contributed by atoms with E-state index < -0.39 is 22.7 Å². The lowest BCUT2D eigenvalue weighted by Crippen LogP contribution is -2.39. The first-order valence-corrected chi connectivity index (χ1v) is 7.85. The second-order valence-corrected chi connectivity index (χ2v) is 10.8. The SMILES string of the molecule is CCS(=O)(=O)C(C)(Br)S(=O)(=O)CC. The van der Waals surface area contributed by atoms with E-state index in [1.54, 1.807) is 0 Å². The fourth-order valence-corrected chi connectivity index (χ4v) is 5.37. The summed E-state index contributed by atoms with van der Waals surface area (Å²) in [6, 6.07) is 0. The molecule has 0 aliphatic heterocycles. The van der Waals surface area contributed by atoms with Crippen LogP contribution in [-0.2, 0) is 19.7 Å². The van der Waals surface area contributed by atoms with Crippen LogP contribution in [0.2, 0.25) is 0 Å². The number of sulfone groups is 2. The van der Waals surface area contributed by atoms with Gasteiger partial charge < -0.3 is 0 Å². The summed E-state index contributed by atoms with van der Waals surface area (Å²) in [5.41, 5.74) is 0. The molecule has 0 saturated carbocycles. The number of alkyl halides is 1. The zero-order valence-corrected chi connectivity index (χ0v) is 11.0. The van der Waals surface area contributed by atoms with E-state index in [4.69, 9.17) is 0 Å². The van der Waals surface area contributed by atoms with Crippen molar-refractivity contribution >= 4 is 35.6 Å². The number of rotatable bonds is 4. The topological polar surface area (TPSA) is 68.3 Å². The summed E-state index contributed by atoms with van der Waals surface area (Å²) in [5.74, 6) is -0.401. The first kappa shape index (κ1) is 13.4. The minimum absolute atomic E-state index is 0.200. The Morgan fingerprint density at radius 3 is 1.38 bits per heavy atom. The molecule has 0 spiro atoms.